The summed E-state index contributed by atoms with van der Waals surface area (Å²) in [6.07, 6.45) is 8.14. The van der Waals surface area contributed by atoms with E-state index in [1.807, 2.05) is 11.9 Å². The molecule has 1 aromatic heterocycles. The minimum absolute atomic E-state index is 0.0934. The molecule has 27 heavy (non-hydrogen) atoms. The van der Waals surface area contributed by atoms with Crippen molar-refractivity contribution in [2.24, 2.45) is 5.92 Å². The molecule has 144 valence electrons. The van der Waals surface area contributed by atoms with E-state index in [1.54, 1.807) is 0 Å². The van der Waals surface area contributed by atoms with Gasteiger partial charge in [0.05, 0.1) is 11.6 Å². The van der Waals surface area contributed by atoms with Crippen LogP contribution in [0, 0.1) is 5.92 Å². The quantitative estimate of drug-likeness (QED) is 0.815. The van der Waals surface area contributed by atoms with Crippen molar-refractivity contribution in [2.75, 3.05) is 26.7 Å². The molecule has 3 fully saturated rings. The Hall–Kier alpha value is -2.01. The zero-order valence-electron chi connectivity index (χ0n) is 16.1. The smallest absolute Gasteiger partial charge is 0.239 e. The zero-order chi connectivity index (χ0) is 18.4. The maximum atomic E-state index is 12.3. The molecule has 0 radical (unpaired) electrons. The molecule has 0 bridgehead atoms. The van der Waals surface area contributed by atoms with Gasteiger partial charge in [0, 0.05) is 44.8 Å². The molecule has 5 nitrogen and oxygen atoms in total. The molecule has 3 aliphatic rings. The van der Waals surface area contributed by atoms with E-state index in [1.165, 1.54) is 23.7 Å². The first-order valence-corrected chi connectivity index (χ1v) is 10.4. The van der Waals surface area contributed by atoms with Gasteiger partial charge < -0.3 is 14.2 Å². The topological polar surface area (TPSA) is 37.7 Å². The van der Waals surface area contributed by atoms with Crippen LogP contribution in [0.2, 0.25) is 0 Å². The highest BCUT2D eigenvalue weighted by molar-refractivity contribution is 5.86. The van der Waals surface area contributed by atoms with Crippen LogP contribution in [0.1, 0.15) is 32.1 Å². The third-order valence-corrected chi connectivity index (χ3v) is 6.54. The van der Waals surface area contributed by atoms with Crippen LogP contribution in [0.4, 0.5) is 0 Å². The molecule has 5 heteroatoms. The summed E-state index contributed by atoms with van der Waals surface area (Å²) in [5, 5.41) is 1.23. The van der Waals surface area contributed by atoms with Gasteiger partial charge in [0.25, 0.3) is 0 Å². The van der Waals surface area contributed by atoms with Crippen LogP contribution in [-0.4, -0.2) is 59.1 Å². The normalized spacial score (nSPS) is 24.9. The number of fused-ring (bicyclic) bond motifs is 1. The predicted octanol–water partition coefficient (Wildman–Crippen LogP) is 3.13. The number of likely N-dealkylation sites (tertiary alicyclic amines) is 2. The van der Waals surface area contributed by atoms with Gasteiger partial charge in [-0.2, -0.15) is 0 Å². The summed E-state index contributed by atoms with van der Waals surface area (Å²) < 4.78 is 8.81. The highest BCUT2D eigenvalue weighted by Gasteiger charge is 2.36. The SMILES string of the molecule is CN1CCC(N2CCC(Oc3cccc4c3ccn4CC3CC3)CC2)C1=O. The summed E-state index contributed by atoms with van der Waals surface area (Å²) in [4.78, 5) is 16.5. The van der Waals surface area contributed by atoms with Crippen LogP contribution in [0.25, 0.3) is 10.9 Å². The molecule has 2 aromatic rings. The lowest BCUT2D eigenvalue weighted by Gasteiger charge is -2.35. The molecule has 2 saturated heterocycles. The van der Waals surface area contributed by atoms with Crippen molar-refractivity contribution in [3.8, 4) is 5.75 Å². The summed E-state index contributed by atoms with van der Waals surface area (Å²) in [6.45, 7) is 3.93. The van der Waals surface area contributed by atoms with E-state index in [0.29, 0.717) is 0 Å². The van der Waals surface area contributed by atoms with Crippen molar-refractivity contribution < 1.29 is 9.53 Å². The molecule has 0 spiro atoms. The highest BCUT2D eigenvalue weighted by atomic mass is 16.5. The third-order valence-electron chi connectivity index (χ3n) is 6.54. The molecule has 1 amide bonds. The number of nitrogens with zero attached hydrogens (tertiary/aromatic N) is 3. The van der Waals surface area contributed by atoms with E-state index in [4.69, 9.17) is 4.74 Å². The minimum atomic E-state index is 0.0934. The molecule has 3 heterocycles. The van der Waals surface area contributed by atoms with Gasteiger partial charge in [-0.25, -0.2) is 0 Å². The molecule has 1 atom stereocenters. The summed E-state index contributed by atoms with van der Waals surface area (Å²) in [7, 11) is 1.91. The Morgan fingerprint density at radius 2 is 1.85 bits per heavy atom. The second kappa shape index (κ2) is 6.86. The largest absolute Gasteiger partial charge is 0.490 e. The average Bonchev–Trinajstić information content (AvgIpc) is 3.32. The minimum Gasteiger partial charge on any atom is -0.490 e. The summed E-state index contributed by atoms with van der Waals surface area (Å²) in [5.74, 6) is 2.17. The number of carbonyl (C=O) groups is 1. The lowest BCUT2D eigenvalue weighted by atomic mass is 10.0. The number of carbonyl (C=O) groups excluding carboxylic acids is 1. The van der Waals surface area contributed by atoms with Crippen molar-refractivity contribution in [3.63, 3.8) is 0 Å². The highest BCUT2D eigenvalue weighted by Crippen LogP contribution is 2.34. The van der Waals surface area contributed by atoms with E-state index < -0.39 is 0 Å². The Kier molecular flexibility index (Phi) is 4.35. The average molecular weight is 367 g/mol. The number of aromatic nitrogens is 1. The molecule has 1 unspecified atom stereocenters. The first-order valence-electron chi connectivity index (χ1n) is 10.4. The van der Waals surface area contributed by atoms with Gasteiger partial charge >= 0.3 is 0 Å². The lowest BCUT2D eigenvalue weighted by molar-refractivity contribution is -0.131. The number of piperidine rings is 1. The van der Waals surface area contributed by atoms with E-state index in [2.05, 4.69) is 39.9 Å². The molecule has 2 aliphatic heterocycles. The van der Waals surface area contributed by atoms with Crippen LogP contribution in [0.15, 0.2) is 30.5 Å². The van der Waals surface area contributed by atoms with Crippen molar-refractivity contribution in [2.45, 2.75) is 50.8 Å². The van der Waals surface area contributed by atoms with Gasteiger partial charge in [0.1, 0.15) is 11.9 Å². The first-order chi connectivity index (χ1) is 13.2. The molecule has 0 N–H and O–H groups in total. The monoisotopic (exact) mass is 367 g/mol. The Labute approximate surface area is 160 Å². The zero-order valence-corrected chi connectivity index (χ0v) is 16.1. The third kappa shape index (κ3) is 3.33. The van der Waals surface area contributed by atoms with Crippen molar-refractivity contribution in [1.82, 2.24) is 14.4 Å². The van der Waals surface area contributed by atoms with E-state index >= 15 is 0 Å². The Morgan fingerprint density at radius 1 is 1.04 bits per heavy atom. The van der Waals surface area contributed by atoms with E-state index in [0.717, 1.165) is 57.1 Å². The van der Waals surface area contributed by atoms with Gasteiger partial charge in [-0.3, -0.25) is 9.69 Å². The van der Waals surface area contributed by atoms with Crippen LogP contribution >= 0.6 is 0 Å². The lowest BCUT2D eigenvalue weighted by Crippen LogP contribution is -2.47. The number of benzene rings is 1. The predicted molar refractivity (Wildman–Crippen MR) is 106 cm³/mol. The van der Waals surface area contributed by atoms with Crippen molar-refractivity contribution >= 4 is 16.8 Å². The van der Waals surface area contributed by atoms with Crippen LogP contribution in [0.5, 0.6) is 5.75 Å². The fourth-order valence-corrected chi connectivity index (χ4v) is 4.66. The second-order valence-corrected chi connectivity index (χ2v) is 8.52. The van der Waals surface area contributed by atoms with Gasteiger partial charge in [0.2, 0.25) is 5.91 Å². The number of likely N-dealkylation sites (N-methyl/N-ethyl adjacent to an activating group) is 1. The molecule has 1 aromatic carbocycles. The number of rotatable bonds is 5. The van der Waals surface area contributed by atoms with Crippen LogP contribution in [0.3, 0.4) is 0 Å². The Morgan fingerprint density at radius 3 is 2.56 bits per heavy atom. The molecule has 1 saturated carbocycles. The number of amides is 1. The van der Waals surface area contributed by atoms with Gasteiger partial charge in [-0.1, -0.05) is 6.07 Å². The Bertz CT molecular complexity index is 833. The van der Waals surface area contributed by atoms with E-state index in [-0.39, 0.29) is 18.1 Å². The molecular weight excluding hydrogens is 338 g/mol. The maximum absolute atomic E-state index is 12.3. The van der Waals surface area contributed by atoms with Gasteiger partial charge in [-0.15, -0.1) is 0 Å². The summed E-state index contributed by atoms with van der Waals surface area (Å²) in [5.41, 5.74) is 1.29. The summed E-state index contributed by atoms with van der Waals surface area (Å²) in [6, 6.07) is 8.72. The second-order valence-electron chi connectivity index (χ2n) is 8.52. The standard InChI is InChI=1S/C22H29N3O2/c1-23-11-10-20(22(23)26)24-12-7-17(8-13-24)27-21-4-2-3-19-18(21)9-14-25(19)15-16-5-6-16/h2-4,9,14,16-17,20H,5-8,10-13,15H2,1H3. The molecular formula is C22H29N3O2. The van der Waals surface area contributed by atoms with Crippen molar-refractivity contribution in [3.05, 3.63) is 30.5 Å². The maximum Gasteiger partial charge on any atom is 0.239 e. The number of hydrogen-bond donors (Lipinski definition) is 0. The summed E-state index contributed by atoms with van der Waals surface area (Å²) >= 11 is 0. The fourth-order valence-electron chi connectivity index (χ4n) is 4.66. The fraction of sp³-hybridized carbons (Fsp3) is 0.591. The molecule has 1 aliphatic carbocycles. The molecule has 5 rings (SSSR count). The van der Waals surface area contributed by atoms with Crippen molar-refractivity contribution in [1.29, 1.82) is 0 Å². The number of ether oxygens (including phenoxy) is 1. The first kappa shape index (κ1) is 17.1. The van der Waals surface area contributed by atoms with Crippen LogP contribution < -0.4 is 4.74 Å². The van der Waals surface area contributed by atoms with Crippen LogP contribution in [-0.2, 0) is 11.3 Å². The van der Waals surface area contributed by atoms with Gasteiger partial charge in [-0.05, 0) is 56.2 Å². The van der Waals surface area contributed by atoms with Gasteiger partial charge in [0.15, 0.2) is 0 Å². The van der Waals surface area contributed by atoms with E-state index in [9.17, 15) is 4.79 Å². The Balaban J connectivity index is 1.24. The number of hydrogen-bond acceptors (Lipinski definition) is 3.